The highest BCUT2D eigenvalue weighted by molar-refractivity contribution is 8.04. The third-order valence-corrected chi connectivity index (χ3v) is 9.16. The number of piperazine rings is 1. The van der Waals surface area contributed by atoms with Gasteiger partial charge in [0, 0.05) is 62.2 Å². The fourth-order valence-electron chi connectivity index (χ4n) is 5.68. The molecule has 2 aromatic rings. The minimum absolute atomic E-state index is 0.00669. The minimum atomic E-state index is -0.00669. The second-order valence-electron chi connectivity index (χ2n) is 10.1. The predicted molar refractivity (Wildman–Crippen MR) is 146 cm³/mol. The summed E-state index contributed by atoms with van der Waals surface area (Å²) in [6.45, 7) is 5.16. The van der Waals surface area contributed by atoms with Crippen LogP contribution in [0.3, 0.4) is 0 Å². The highest BCUT2D eigenvalue weighted by Gasteiger charge is 2.43. The van der Waals surface area contributed by atoms with Gasteiger partial charge < -0.3 is 19.4 Å². The molecule has 2 aliphatic heterocycles. The lowest BCUT2D eigenvalue weighted by Crippen LogP contribution is -2.55. The van der Waals surface area contributed by atoms with Crippen LogP contribution in [0.1, 0.15) is 30.4 Å². The normalized spacial score (nSPS) is 25.6. The number of methoxy groups -OCH3 is 1. The van der Waals surface area contributed by atoms with Gasteiger partial charge in [-0.1, -0.05) is 35.9 Å². The molecule has 2 heterocycles. The Labute approximate surface area is 218 Å². The molecule has 7 heteroatoms. The van der Waals surface area contributed by atoms with E-state index in [4.69, 9.17) is 4.74 Å². The second-order valence-corrected chi connectivity index (χ2v) is 11.4. The van der Waals surface area contributed by atoms with Crippen LogP contribution in [-0.4, -0.2) is 73.2 Å². The van der Waals surface area contributed by atoms with Gasteiger partial charge in [-0.3, -0.25) is 9.59 Å². The molecule has 36 heavy (non-hydrogen) atoms. The molecule has 0 spiro atoms. The summed E-state index contributed by atoms with van der Waals surface area (Å²) in [5.74, 6) is 1.17. The van der Waals surface area contributed by atoms with Crippen LogP contribution in [0, 0.1) is 12.8 Å². The zero-order chi connectivity index (χ0) is 25.2. The lowest BCUT2D eigenvalue weighted by molar-refractivity contribution is -0.139. The van der Waals surface area contributed by atoms with Crippen LogP contribution in [0.15, 0.2) is 53.4 Å². The molecule has 0 radical (unpaired) electrons. The van der Waals surface area contributed by atoms with Crippen molar-refractivity contribution in [3.05, 3.63) is 64.6 Å². The van der Waals surface area contributed by atoms with Gasteiger partial charge in [0.1, 0.15) is 5.75 Å². The van der Waals surface area contributed by atoms with Crippen molar-refractivity contribution in [2.24, 2.45) is 5.92 Å². The van der Waals surface area contributed by atoms with E-state index in [1.54, 1.807) is 18.9 Å². The summed E-state index contributed by atoms with van der Waals surface area (Å²) in [5, 5.41) is 0.345. The summed E-state index contributed by atoms with van der Waals surface area (Å²) in [6.07, 6.45) is 4.62. The SMILES string of the molecule is COc1cccc(N2CCN(C(=O)C3CCC4S/C(=C/c5cccc(C)c5)C(=O)N(C)C4C3)CC2)c1. The lowest BCUT2D eigenvalue weighted by atomic mass is 9.83. The molecule has 3 fully saturated rings. The van der Waals surface area contributed by atoms with Crippen molar-refractivity contribution in [2.45, 2.75) is 37.5 Å². The summed E-state index contributed by atoms with van der Waals surface area (Å²) in [5.41, 5.74) is 3.39. The quantitative estimate of drug-likeness (QED) is 0.576. The van der Waals surface area contributed by atoms with E-state index in [1.807, 2.05) is 53.3 Å². The first-order chi connectivity index (χ1) is 17.4. The van der Waals surface area contributed by atoms with Gasteiger partial charge in [0.05, 0.1) is 12.0 Å². The third-order valence-electron chi connectivity index (χ3n) is 7.76. The molecule has 0 aromatic heterocycles. The van der Waals surface area contributed by atoms with E-state index < -0.39 is 0 Å². The largest absolute Gasteiger partial charge is 0.497 e. The van der Waals surface area contributed by atoms with E-state index in [0.29, 0.717) is 5.25 Å². The Hall–Kier alpha value is -2.93. The number of carbonyl (C=O) groups is 2. The zero-order valence-electron chi connectivity index (χ0n) is 21.4. The number of anilines is 1. The van der Waals surface area contributed by atoms with Crippen LogP contribution < -0.4 is 9.64 Å². The summed E-state index contributed by atoms with van der Waals surface area (Å²) >= 11 is 1.71. The van der Waals surface area contributed by atoms with Crippen molar-refractivity contribution in [1.29, 1.82) is 0 Å². The molecule has 3 aliphatic rings. The Morgan fingerprint density at radius 2 is 1.83 bits per heavy atom. The predicted octanol–water partition coefficient (Wildman–Crippen LogP) is 4.44. The number of amides is 2. The summed E-state index contributed by atoms with van der Waals surface area (Å²) < 4.78 is 5.36. The van der Waals surface area contributed by atoms with Crippen LogP contribution in [0.2, 0.25) is 0 Å². The highest BCUT2D eigenvalue weighted by atomic mass is 32.2. The van der Waals surface area contributed by atoms with Crippen molar-refractivity contribution >= 4 is 35.3 Å². The van der Waals surface area contributed by atoms with Gasteiger partial charge in [0.25, 0.3) is 5.91 Å². The van der Waals surface area contributed by atoms with Crippen molar-refractivity contribution in [2.75, 3.05) is 45.2 Å². The zero-order valence-corrected chi connectivity index (χ0v) is 22.2. The van der Waals surface area contributed by atoms with Crippen LogP contribution >= 0.6 is 11.8 Å². The van der Waals surface area contributed by atoms with Gasteiger partial charge >= 0.3 is 0 Å². The molecule has 0 bridgehead atoms. The first-order valence-corrected chi connectivity index (χ1v) is 13.7. The molecule has 1 saturated carbocycles. The molecule has 5 rings (SSSR count). The highest BCUT2D eigenvalue weighted by Crippen LogP contribution is 2.43. The number of hydrogen-bond acceptors (Lipinski definition) is 5. The lowest BCUT2D eigenvalue weighted by Gasteiger charge is -2.45. The second kappa shape index (κ2) is 10.6. The molecule has 3 atom stereocenters. The molecular formula is C29H35N3O3S. The summed E-state index contributed by atoms with van der Waals surface area (Å²) in [7, 11) is 3.59. The molecule has 2 saturated heterocycles. The number of carbonyl (C=O) groups excluding carboxylic acids is 2. The molecule has 2 amide bonds. The Bertz CT molecular complexity index is 1160. The number of aryl methyl sites for hydroxylation is 1. The van der Waals surface area contributed by atoms with Gasteiger partial charge in [-0.05, 0) is 50.0 Å². The van der Waals surface area contributed by atoms with Crippen LogP contribution in [0.5, 0.6) is 5.75 Å². The number of hydrogen-bond donors (Lipinski definition) is 0. The average Bonchev–Trinajstić information content (AvgIpc) is 2.91. The topological polar surface area (TPSA) is 53.1 Å². The number of thioether (sulfide) groups is 1. The first kappa shape index (κ1) is 24.8. The standard InChI is InChI=1S/C29H35N3O3S/c1-20-6-4-7-21(16-20)17-27-29(34)30(2)25-18-22(10-11-26(25)36-27)28(33)32-14-12-31(13-15-32)23-8-5-9-24(19-23)35-3/h4-9,16-17,19,22,25-26H,10-15,18H2,1-3H3/b27-17+. The van der Waals surface area contributed by atoms with E-state index in [9.17, 15) is 9.59 Å². The van der Waals surface area contributed by atoms with Gasteiger partial charge in [0.2, 0.25) is 5.91 Å². The Balaban J connectivity index is 1.20. The van der Waals surface area contributed by atoms with E-state index in [-0.39, 0.29) is 23.8 Å². The Kier molecular flexibility index (Phi) is 7.28. The van der Waals surface area contributed by atoms with Gasteiger partial charge in [-0.2, -0.15) is 0 Å². The monoisotopic (exact) mass is 505 g/mol. The van der Waals surface area contributed by atoms with Crippen LogP contribution in [0.25, 0.3) is 6.08 Å². The fourth-order valence-corrected chi connectivity index (χ4v) is 7.16. The molecule has 2 aromatic carbocycles. The van der Waals surface area contributed by atoms with Crippen molar-refractivity contribution < 1.29 is 14.3 Å². The van der Waals surface area contributed by atoms with Crippen LogP contribution in [-0.2, 0) is 9.59 Å². The average molecular weight is 506 g/mol. The Morgan fingerprint density at radius 1 is 1.06 bits per heavy atom. The van der Waals surface area contributed by atoms with Crippen molar-refractivity contribution in [3.63, 3.8) is 0 Å². The van der Waals surface area contributed by atoms with E-state index >= 15 is 0 Å². The maximum atomic E-state index is 13.5. The molecule has 3 unspecified atom stereocenters. The number of ether oxygens (including phenoxy) is 1. The maximum Gasteiger partial charge on any atom is 0.260 e. The number of fused-ring (bicyclic) bond motifs is 1. The molecule has 190 valence electrons. The smallest absolute Gasteiger partial charge is 0.260 e. The van der Waals surface area contributed by atoms with Gasteiger partial charge in [-0.25, -0.2) is 0 Å². The fraction of sp³-hybridized carbons (Fsp3) is 0.448. The first-order valence-electron chi connectivity index (χ1n) is 12.8. The number of benzene rings is 2. The maximum absolute atomic E-state index is 13.5. The number of rotatable bonds is 4. The van der Waals surface area contributed by atoms with Crippen molar-refractivity contribution in [3.8, 4) is 5.75 Å². The summed E-state index contributed by atoms with van der Waals surface area (Å²) in [6, 6.07) is 16.5. The van der Waals surface area contributed by atoms with E-state index in [2.05, 4.69) is 30.0 Å². The summed E-state index contributed by atoms with van der Waals surface area (Å²) in [4.78, 5) is 33.7. The van der Waals surface area contributed by atoms with Crippen molar-refractivity contribution in [1.82, 2.24) is 9.80 Å². The van der Waals surface area contributed by atoms with E-state index in [1.165, 1.54) is 5.56 Å². The number of likely N-dealkylation sites (N-methyl/N-ethyl adjacent to an activating group) is 1. The van der Waals surface area contributed by atoms with Gasteiger partial charge in [0.15, 0.2) is 0 Å². The minimum Gasteiger partial charge on any atom is -0.497 e. The van der Waals surface area contributed by atoms with E-state index in [0.717, 1.165) is 67.3 Å². The number of nitrogens with zero attached hydrogens (tertiary/aromatic N) is 3. The Morgan fingerprint density at radius 3 is 2.58 bits per heavy atom. The molecular weight excluding hydrogens is 470 g/mol. The molecule has 1 aliphatic carbocycles. The molecule has 0 N–H and O–H groups in total. The third kappa shape index (κ3) is 5.12. The van der Waals surface area contributed by atoms with Gasteiger partial charge in [-0.15, -0.1) is 11.8 Å². The van der Waals surface area contributed by atoms with Crippen LogP contribution in [0.4, 0.5) is 5.69 Å². The molecule has 6 nitrogen and oxygen atoms in total.